The Morgan fingerprint density at radius 3 is 0.753 bits per heavy atom. The second-order valence-corrected chi connectivity index (χ2v) is 23.0. The van der Waals surface area contributed by atoms with Crippen molar-refractivity contribution in [2.24, 2.45) is 0 Å². The standard InChI is InChI=1S/C75H130O6/c1-4-7-10-13-16-19-22-25-28-31-33-35-36-37-38-40-41-44-47-50-53-56-59-62-65-68-74(77)80-71-72(70-79-73(76)67-64-61-58-55-52-49-46-43-30-27-24-21-18-15-12-9-6-3)81-75(78)69-66-63-60-57-54-51-48-45-42-39-34-32-29-26-23-20-17-14-11-8-5-2/h8-9,11-12,17-18,20-21,26-27,29-30,34,39,45,48,72H,4-7,10,13-16,19,22-25,28,31-33,35-38,40-44,46-47,49-71H2,1-3H3/b11-8-,12-9-,20-17-,21-18-,29-26-,30-27-,39-34-,48-45-. The highest BCUT2D eigenvalue weighted by Crippen LogP contribution is 2.18. The zero-order chi connectivity index (χ0) is 58.5. The lowest BCUT2D eigenvalue weighted by molar-refractivity contribution is -0.167. The predicted octanol–water partition coefficient (Wildman–Crippen LogP) is 24.0. The Morgan fingerprint density at radius 2 is 0.481 bits per heavy atom. The Morgan fingerprint density at radius 1 is 0.259 bits per heavy atom. The molecule has 0 aliphatic carbocycles. The lowest BCUT2D eigenvalue weighted by Crippen LogP contribution is -2.30. The van der Waals surface area contributed by atoms with Crippen LogP contribution in [0.1, 0.15) is 342 Å². The van der Waals surface area contributed by atoms with Crippen LogP contribution in [0.3, 0.4) is 0 Å². The van der Waals surface area contributed by atoms with Crippen LogP contribution in [-0.2, 0) is 28.6 Å². The van der Waals surface area contributed by atoms with E-state index in [0.717, 1.165) is 135 Å². The van der Waals surface area contributed by atoms with Gasteiger partial charge in [0.2, 0.25) is 0 Å². The van der Waals surface area contributed by atoms with E-state index in [1.54, 1.807) is 0 Å². The first-order valence-electron chi connectivity index (χ1n) is 34.7. The lowest BCUT2D eigenvalue weighted by Gasteiger charge is -2.18. The van der Waals surface area contributed by atoms with Gasteiger partial charge in [0.1, 0.15) is 13.2 Å². The summed E-state index contributed by atoms with van der Waals surface area (Å²) >= 11 is 0. The van der Waals surface area contributed by atoms with Crippen molar-refractivity contribution in [3.8, 4) is 0 Å². The minimum atomic E-state index is -0.794. The molecule has 0 spiro atoms. The summed E-state index contributed by atoms with van der Waals surface area (Å²) < 4.78 is 17.0. The molecule has 466 valence electrons. The van der Waals surface area contributed by atoms with Crippen molar-refractivity contribution >= 4 is 17.9 Å². The summed E-state index contributed by atoms with van der Waals surface area (Å²) in [5, 5.41) is 0. The Labute approximate surface area is 502 Å². The van der Waals surface area contributed by atoms with Gasteiger partial charge < -0.3 is 14.2 Å². The molecule has 0 rings (SSSR count). The first kappa shape index (κ1) is 77.3. The molecule has 0 bridgehead atoms. The third-order valence-electron chi connectivity index (χ3n) is 15.1. The maximum Gasteiger partial charge on any atom is 0.306 e. The molecule has 0 amide bonds. The smallest absolute Gasteiger partial charge is 0.306 e. The third kappa shape index (κ3) is 67.0. The number of allylic oxidation sites excluding steroid dienone is 16. The van der Waals surface area contributed by atoms with Crippen molar-refractivity contribution < 1.29 is 28.6 Å². The van der Waals surface area contributed by atoms with Gasteiger partial charge in [-0.1, -0.05) is 323 Å². The number of esters is 3. The van der Waals surface area contributed by atoms with Crippen LogP contribution in [-0.4, -0.2) is 37.2 Å². The first-order valence-corrected chi connectivity index (χ1v) is 34.7. The van der Waals surface area contributed by atoms with E-state index in [1.165, 1.54) is 167 Å². The molecule has 0 heterocycles. The number of hydrogen-bond donors (Lipinski definition) is 0. The molecule has 0 fully saturated rings. The van der Waals surface area contributed by atoms with Crippen LogP contribution >= 0.6 is 0 Å². The van der Waals surface area contributed by atoms with Crippen molar-refractivity contribution in [2.75, 3.05) is 13.2 Å². The highest BCUT2D eigenvalue weighted by Gasteiger charge is 2.19. The van der Waals surface area contributed by atoms with E-state index in [1.807, 2.05) is 0 Å². The molecule has 6 heteroatoms. The van der Waals surface area contributed by atoms with Gasteiger partial charge in [-0.25, -0.2) is 0 Å². The van der Waals surface area contributed by atoms with E-state index >= 15 is 0 Å². The molecular formula is C75H130O6. The zero-order valence-corrected chi connectivity index (χ0v) is 53.5. The number of ether oxygens (including phenoxy) is 3. The van der Waals surface area contributed by atoms with E-state index in [0.29, 0.717) is 19.3 Å². The molecule has 0 aromatic carbocycles. The van der Waals surface area contributed by atoms with Gasteiger partial charge in [0.15, 0.2) is 6.10 Å². The van der Waals surface area contributed by atoms with Crippen LogP contribution in [0.25, 0.3) is 0 Å². The average Bonchev–Trinajstić information content (AvgIpc) is 3.47. The van der Waals surface area contributed by atoms with Crippen molar-refractivity contribution in [3.63, 3.8) is 0 Å². The van der Waals surface area contributed by atoms with Gasteiger partial charge in [-0.05, 0) is 96.3 Å². The number of carbonyl (C=O) groups excluding carboxylic acids is 3. The van der Waals surface area contributed by atoms with Gasteiger partial charge in [-0.15, -0.1) is 0 Å². The van der Waals surface area contributed by atoms with Crippen LogP contribution in [0.15, 0.2) is 97.2 Å². The van der Waals surface area contributed by atoms with Crippen molar-refractivity contribution in [3.05, 3.63) is 97.2 Å². The summed E-state index contributed by atoms with van der Waals surface area (Å²) in [4.78, 5) is 38.5. The van der Waals surface area contributed by atoms with Crippen LogP contribution in [0.2, 0.25) is 0 Å². The Balaban J connectivity index is 4.36. The Kier molecular flexibility index (Phi) is 65.7. The van der Waals surface area contributed by atoms with E-state index in [4.69, 9.17) is 14.2 Å². The highest BCUT2D eigenvalue weighted by molar-refractivity contribution is 5.71. The number of carbonyl (C=O) groups is 3. The van der Waals surface area contributed by atoms with Crippen molar-refractivity contribution in [2.45, 2.75) is 348 Å². The summed E-state index contributed by atoms with van der Waals surface area (Å²) in [6.07, 6.45) is 92.9. The number of unbranched alkanes of at least 4 members (excludes halogenated alkanes) is 36. The molecule has 81 heavy (non-hydrogen) atoms. The quantitative estimate of drug-likeness (QED) is 0.0261. The molecule has 6 nitrogen and oxygen atoms in total. The summed E-state index contributed by atoms with van der Waals surface area (Å²) in [7, 11) is 0. The van der Waals surface area contributed by atoms with E-state index in [-0.39, 0.29) is 31.1 Å². The molecule has 0 aliphatic rings. The molecule has 0 saturated carbocycles. The third-order valence-corrected chi connectivity index (χ3v) is 15.1. The molecule has 1 unspecified atom stereocenters. The largest absolute Gasteiger partial charge is 0.462 e. The average molecular weight is 1130 g/mol. The fourth-order valence-corrected chi connectivity index (χ4v) is 9.96. The number of hydrogen-bond acceptors (Lipinski definition) is 6. The van der Waals surface area contributed by atoms with Gasteiger partial charge in [-0.2, -0.15) is 0 Å². The molecule has 0 radical (unpaired) electrons. The molecule has 0 aliphatic heterocycles. The van der Waals surface area contributed by atoms with E-state index in [2.05, 4.69) is 118 Å². The van der Waals surface area contributed by atoms with Crippen LogP contribution in [0.4, 0.5) is 0 Å². The highest BCUT2D eigenvalue weighted by atomic mass is 16.6. The minimum Gasteiger partial charge on any atom is -0.462 e. The number of rotatable bonds is 63. The van der Waals surface area contributed by atoms with Crippen molar-refractivity contribution in [1.29, 1.82) is 0 Å². The maximum atomic E-state index is 13.0. The lowest BCUT2D eigenvalue weighted by atomic mass is 10.0. The van der Waals surface area contributed by atoms with Gasteiger partial charge in [-0.3, -0.25) is 14.4 Å². The summed E-state index contributed by atoms with van der Waals surface area (Å²) in [6, 6.07) is 0. The van der Waals surface area contributed by atoms with E-state index < -0.39 is 6.10 Å². The van der Waals surface area contributed by atoms with Crippen LogP contribution < -0.4 is 0 Å². The normalized spacial score (nSPS) is 12.7. The fraction of sp³-hybridized carbons (Fsp3) is 0.747. The maximum absolute atomic E-state index is 13.0. The monoisotopic (exact) mass is 1130 g/mol. The predicted molar refractivity (Wildman–Crippen MR) is 353 cm³/mol. The molecule has 0 aromatic heterocycles. The molecular weight excluding hydrogens is 997 g/mol. The molecule has 0 saturated heterocycles. The first-order chi connectivity index (χ1) is 40.0. The van der Waals surface area contributed by atoms with E-state index in [9.17, 15) is 14.4 Å². The second kappa shape index (κ2) is 68.8. The van der Waals surface area contributed by atoms with Crippen molar-refractivity contribution in [1.82, 2.24) is 0 Å². The topological polar surface area (TPSA) is 78.9 Å². The summed E-state index contributed by atoms with van der Waals surface area (Å²) in [5.74, 6) is -0.900. The SMILES string of the molecule is CC/C=C\C/C=C\C/C=C\C/C=C\C/C=C\CCCCCCCC(=O)OC(COC(=O)CCCCCCCCC/C=C\C/C=C\C/C=C\CC)COC(=O)CCCCCCCCCCCCCCCCCCCCCCCCCCC. The molecule has 1 atom stereocenters. The van der Waals surface area contributed by atoms with Gasteiger partial charge >= 0.3 is 17.9 Å². The summed E-state index contributed by atoms with van der Waals surface area (Å²) in [5.41, 5.74) is 0. The van der Waals surface area contributed by atoms with Gasteiger partial charge in [0, 0.05) is 19.3 Å². The minimum absolute atomic E-state index is 0.0864. The zero-order valence-electron chi connectivity index (χ0n) is 53.5. The second-order valence-electron chi connectivity index (χ2n) is 23.0. The molecule has 0 N–H and O–H groups in total. The summed E-state index contributed by atoms with van der Waals surface area (Å²) in [6.45, 7) is 6.44. The van der Waals surface area contributed by atoms with Crippen LogP contribution in [0, 0.1) is 0 Å². The van der Waals surface area contributed by atoms with Gasteiger partial charge in [0.25, 0.3) is 0 Å². The Bertz CT molecular complexity index is 1580. The molecule has 0 aromatic rings. The van der Waals surface area contributed by atoms with Crippen LogP contribution in [0.5, 0.6) is 0 Å². The fourth-order valence-electron chi connectivity index (χ4n) is 9.96. The Hall–Kier alpha value is -3.67. The van der Waals surface area contributed by atoms with Gasteiger partial charge in [0.05, 0.1) is 0 Å².